The summed E-state index contributed by atoms with van der Waals surface area (Å²) in [5.74, 6) is 0. The summed E-state index contributed by atoms with van der Waals surface area (Å²) in [6.07, 6.45) is 2.49. The second-order valence-electron chi connectivity index (χ2n) is 5.46. The van der Waals surface area contributed by atoms with Gasteiger partial charge in [0.15, 0.2) is 0 Å². The summed E-state index contributed by atoms with van der Waals surface area (Å²) in [6, 6.07) is 12.4. The van der Waals surface area contributed by atoms with Crippen LogP contribution in [-0.2, 0) is 16.4 Å². The molecular formula is C17H17ClN2O2S. The Labute approximate surface area is 140 Å². The molecule has 0 aliphatic heterocycles. The van der Waals surface area contributed by atoms with E-state index in [1.807, 2.05) is 31.3 Å². The van der Waals surface area contributed by atoms with E-state index in [1.54, 1.807) is 24.3 Å². The lowest BCUT2D eigenvalue weighted by atomic mass is 10.1. The number of aromatic amines is 1. The highest BCUT2D eigenvalue weighted by molar-refractivity contribution is 7.89. The van der Waals surface area contributed by atoms with Gasteiger partial charge in [-0.3, -0.25) is 0 Å². The SMILES string of the molecule is Cc1ccc(S(=O)(=O)NCCc2c[nH]c3cc(Cl)ccc23)cc1. The van der Waals surface area contributed by atoms with Gasteiger partial charge in [-0.1, -0.05) is 35.4 Å². The van der Waals surface area contributed by atoms with Gasteiger partial charge in [-0.15, -0.1) is 0 Å². The fourth-order valence-corrected chi connectivity index (χ4v) is 3.69. The molecule has 2 aromatic carbocycles. The van der Waals surface area contributed by atoms with Crippen molar-refractivity contribution in [2.45, 2.75) is 18.2 Å². The molecule has 0 saturated carbocycles. The minimum atomic E-state index is -3.47. The van der Waals surface area contributed by atoms with Gasteiger partial charge in [0.25, 0.3) is 0 Å². The Hall–Kier alpha value is -1.82. The van der Waals surface area contributed by atoms with E-state index < -0.39 is 10.0 Å². The molecule has 0 bridgehead atoms. The van der Waals surface area contributed by atoms with Gasteiger partial charge >= 0.3 is 0 Å². The number of rotatable bonds is 5. The second kappa shape index (κ2) is 6.35. The Morgan fingerprint density at radius 3 is 2.61 bits per heavy atom. The minimum absolute atomic E-state index is 0.286. The molecule has 6 heteroatoms. The fraction of sp³-hybridized carbons (Fsp3) is 0.176. The maximum absolute atomic E-state index is 12.2. The maximum atomic E-state index is 12.2. The largest absolute Gasteiger partial charge is 0.361 e. The Bertz CT molecular complexity index is 931. The molecular weight excluding hydrogens is 332 g/mol. The number of aromatic nitrogens is 1. The van der Waals surface area contributed by atoms with Crippen LogP contribution in [0.5, 0.6) is 0 Å². The molecule has 120 valence electrons. The van der Waals surface area contributed by atoms with E-state index in [0.717, 1.165) is 22.0 Å². The molecule has 1 aromatic heterocycles. The van der Waals surface area contributed by atoms with E-state index in [9.17, 15) is 8.42 Å². The third kappa shape index (κ3) is 3.58. The number of halogens is 1. The van der Waals surface area contributed by atoms with Crippen LogP contribution in [0, 0.1) is 6.92 Å². The molecule has 3 rings (SSSR count). The lowest BCUT2D eigenvalue weighted by molar-refractivity contribution is 0.581. The first-order valence-electron chi connectivity index (χ1n) is 7.27. The molecule has 4 nitrogen and oxygen atoms in total. The number of hydrogen-bond acceptors (Lipinski definition) is 2. The molecule has 0 aliphatic rings. The van der Waals surface area contributed by atoms with Crippen LogP contribution in [0.15, 0.2) is 53.6 Å². The van der Waals surface area contributed by atoms with Gasteiger partial charge in [0, 0.05) is 28.7 Å². The first-order chi connectivity index (χ1) is 11.0. The van der Waals surface area contributed by atoms with Gasteiger partial charge < -0.3 is 4.98 Å². The van der Waals surface area contributed by atoms with E-state index in [1.165, 1.54) is 0 Å². The molecule has 23 heavy (non-hydrogen) atoms. The third-order valence-electron chi connectivity index (χ3n) is 3.75. The Kier molecular flexibility index (Phi) is 4.43. The first-order valence-corrected chi connectivity index (χ1v) is 9.14. The predicted molar refractivity (Wildman–Crippen MR) is 93.4 cm³/mol. The number of aryl methyl sites for hydroxylation is 1. The molecule has 0 fully saturated rings. The molecule has 0 spiro atoms. The summed E-state index contributed by atoms with van der Waals surface area (Å²) in [4.78, 5) is 3.44. The fourth-order valence-electron chi connectivity index (χ4n) is 2.49. The Balaban J connectivity index is 1.69. The lowest BCUT2D eigenvalue weighted by Crippen LogP contribution is -2.25. The van der Waals surface area contributed by atoms with Crippen molar-refractivity contribution in [3.8, 4) is 0 Å². The molecule has 0 atom stereocenters. The van der Waals surface area contributed by atoms with Crippen molar-refractivity contribution in [1.29, 1.82) is 0 Å². The van der Waals surface area contributed by atoms with Crippen LogP contribution >= 0.6 is 11.6 Å². The molecule has 0 amide bonds. The van der Waals surface area contributed by atoms with Crippen molar-refractivity contribution in [3.63, 3.8) is 0 Å². The zero-order valence-electron chi connectivity index (χ0n) is 12.6. The zero-order chi connectivity index (χ0) is 16.4. The zero-order valence-corrected chi connectivity index (χ0v) is 14.2. The van der Waals surface area contributed by atoms with Crippen molar-refractivity contribution < 1.29 is 8.42 Å². The number of sulfonamides is 1. The van der Waals surface area contributed by atoms with E-state index in [2.05, 4.69) is 9.71 Å². The van der Waals surface area contributed by atoms with Gasteiger partial charge in [-0.2, -0.15) is 0 Å². The highest BCUT2D eigenvalue weighted by Gasteiger charge is 2.13. The van der Waals surface area contributed by atoms with Crippen molar-refractivity contribution in [2.75, 3.05) is 6.54 Å². The van der Waals surface area contributed by atoms with Crippen LogP contribution in [0.2, 0.25) is 5.02 Å². The van der Waals surface area contributed by atoms with E-state index in [4.69, 9.17) is 11.6 Å². The first kappa shape index (κ1) is 16.1. The Morgan fingerprint density at radius 1 is 1.13 bits per heavy atom. The molecule has 0 radical (unpaired) electrons. The van der Waals surface area contributed by atoms with Gasteiger partial charge in [0.1, 0.15) is 0 Å². The van der Waals surface area contributed by atoms with Crippen molar-refractivity contribution in [2.24, 2.45) is 0 Å². The van der Waals surface area contributed by atoms with E-state index >= 15 is 0 Å². The summed E-state index contributed by atoms with van der Waals surface area (Å²) in [5, 5.41) is 1.73. The highest BCUT2D eigenvalue weighted by atomic mass is 35.5. The van der Waals surface area contributed by atoms with Gasteiger partial charge in [-0.25, -0.2) is 13.1 Å². The minimum Gasteiger partial charge on any atom is -0.361 e. The topological polar surface area (TPSA) is 62.0 Å². The maximum Gasteiger partial charge on any atom is 0.240 e. The normalized spacial score (nSPS) is 11.9. The smallest absolute Gasteiger partial charge is 0.240 e. The van der Waals surface area contributed by atoms with Crippen molar-refractivity contribution in [1.82, 2.24) is 9.71 Å². The molecule has 0 saturated heterocycles. The number of H-pyrrole nitrogens is 1. The van der Waals surface area contributed by atoms with Crippen LogP contribution in [0.4, 0.5) is 0 Å². The number of nitrogens with one attached hydrogen (secondary N) is 2. The standard InChI is InChI=1S/C17H17ClN2O2S/c1-12-2-5-15(6-3-12)23(21,22)20-9-8-13-11-19-17-10-14(18)4-7-16(13)17/h2-7,10-11,19-20H,8-9H2,1H3. The summed E-state index contributed by atoms with van der Waals surface area (Å²) in [6.45, 7) is 2.26. The lowest BCUT2D eigenvalue weighted by Gasteiger charge is -2.07. The van der Waals surface area contributed by atoms with E-state index in [0.29, 0.717) is 18.0 Å². The molecule has 3 aromatic rings. The van der Waals surface area contributed by atoms with Crippen molar-refractivity contribution in [3.05, 3.63) is 64.8 Å². The van der Waals surface area contributed by atoms with Gasteiger partial charge in [-0.05, 0) is 43.2 Å². The number of benzene rings is 2. The van der Waals surface area contributed by atoms with Gasteiger partial charge in [0.2, 0.25) is 10.0 Å². The monoisotopic (exact) mass is 348 g/mol. The summed E-state index contributed by atoms with van der Waals surface area (Å²) < 4.78 is 27.1. The average Bonchev–Trinajstić information content (AvgIpc) is 2.90. The number of hydrogen-bond donors (Lipinski definition) is 2. The quantitative estimate of drug-likeness (QED) is 0.739. The summed E-state index contributed by atoms with van der Waals surface area (Å²) in [7, 11) is -3.47. The summed E-state index contributed by atoms with van der Waals surface area (Å²) in [5.41, 5.74) is 3.04. The summed E-state index contributed by atoms with van der Waals surface area (Å²) >= 11 is 5.96. The predicted octanol–water partition coefficient (Wildman–Crippen LogP) is 3.65. The van der Waals surface area contributed by atoms with E-state index in [-0.39, 0.29) is 4.90 Å². The number of fused-ring (bicyclic) bond motifs is 1. The average molecular weight is 349 g/mol. The highest BCUT2D eigenvalue weighted by Crippen LogP contribution is 2.22. The van der Waals surface area contributed by atoms with Gasteiger partial charge in [0.05, 0.1) is 4.90 Å². The van der Waals surface area contributed by atoms with Crippen LogP contribution in [0.25, 0.3) is 10.9 Å². The third-order valence-corrected chi connectivity index (χ3v) is 5.46. The van der Waals surface area contributed by atoms with Crippen molar-refractivity contribution >= 4 is 32.5 Å². The molecule has 2 N–H and O–H groups in total. The second-order valence-corrected chi connectivity index (χ2v) is 7.67. The molecule has 0 aliphatic carbocycles. The molecule has 0 unspecified atom stereocenters. The van der Waals surface area contributed by atoms with Crippen LogP contribution in [-0.4, -0.2) is 19.9 Å². The van der Waals surface area contributed by atoms with Crippen LogP contribution in [0.3, 0.4) is 0 Å². The van der Waals surface area contributed by atoms with Crippen LogP contribution in [0.1, 0.15) is 11.1 Å². The Morgan fingerprint density at radius 2 is 1.87 bits per heavy atom. The molecule has 1 heterocycles. The van der Waals surface area contributed by atoms with Crippen LogP contribution < -0.4 is 4.72 Å².